The molecule has 1 aromatic heterocycles. The molecule has 0 radical (unpaired) electrons. The summed E-state index contributed by atoms with van der Waals surface area (Å²) in [5, 5.41) is 0. The van der Waals surface area contributed by atoms with Gasteiger partial charge in [-0.3, -0.25) is 9.78 Å². The van der Waals surface area contributed by atoms with Crippen LogP contribution in [-0.2, 0) is 22.1 Å². The van der Waals surface area contributed by atoms with Gasteiger partial charge in [0.1, 0.15) is 0 Å². The fraction of sp³-hybridized carbons (Fsp3) is 0.182. The maximum absolute atomic E-state index is 12.6. The molecule has 0 aliphatic rings. The van der Waals surface area contributed by atoms with E-state index < -0.39 is 9.84 Å². The van der Waals surface area contributed by atoms with E-state index in [-0.39, 0.29) is 11.7 Å². The van der Waals surface area contributed by atoms with Crippen molar-refractivity contribution in [3.8, 4) is 0 Å². The van der Waals surface area contributed by atoms with Gasteiger partial charge in [-0.2, -0.15) is 0 Å². The highest BCUT2D eigenvalue weighted by Crippen LogP contribution is 2.18. The molecule has 0 fully saturated rings. The molecule has 2 aromatic carbocycles. The van der Waals surface area contributed by atoms with Crippen molar-refractivity contribution in [3.05, 3.63) is 95.3 Å². The molecule has 144 valence electrons. The number of carbonyl (C=O) groups is 1. The highest BCUT2D eigenvalue weighted by Gasteiger charge is 2.17. The van der Waals surface area contributed by atoms with Crippen molar-refractivity contribution in [2.45, 2.75) is 24.1 Å². The third kappa shape index (κ3) is 4.84. The van der Waals surface area contributed by atoms with Gasteiger partial charge in [0.15, 0.2) is 9.84 Å². The predicted octanol–water partition coefficient (Wildman–Crippen LogP) is 3.64. The summed E-state index contributed by atoms with van der Waals surface area (Å²) >= 11 is 0. The molecular weight excluding hydrogens is 372 g/mol. The predicted molar refractivity (Wildman–Crippen MR) is 109 cm³/mol. The molecule has 0 bridgehead atoms. The van der Waals surface area contributed by atoms with Gasteiger partial charge in [0.05, 0.1) is 22.9 Å². The Kier molecular flexibility index (Phi) is 5.90. The van der Waals surface area contributed by atoms with Gasteiger partial charge in [-0.15, -0.1) is 0 Å². The molecule has 0 saturated heterocycles. The maximum atomic E-state index is 12.6. The van der Waals surface area contributed by atoms with E-state index >= 15 is 0 Å². The quantitative estimate of drug-likeness (QED) is 0.640. The molecule has 0 atom stereocenters. The maximum Gasteiger partial charge on any atom is 0.253 e. The Morgan fingerprint density at radius 1 is 0.964 bits per heavy atom. The molecular formula is C22H22N2O3S. The van der Waals surface area contributed by atoms with Crippen LogP contribution in [0, 0.1) is 6.92 Å². The van der Waals surface area contributed by atoms with Crippen LogP contribution >= 0.6 is 0 Å². The van der Waals surface area contributed by atoms with E-state index in [1.807, 2.05) is 25.1 Å². The minimum absolute atomic E-state index is 0.103. The Morgan fingerprint density at radius 3 is 2.25 bits per heavy atom. The lowest BCUT2D eigenvalue weighted by Gasteiger charge is -2.17. The molecule has 1 amide bonds. The molecule has 28 heavy (non-hydrogen) atoms. The van der Waals surface area contributed by atoms with Crippen LogP contribution in [0.4, 0.5) is 0 Å². The van der Waals surface area contributed by atoms with Gasteiger partial charge in [0.25, 0.3) is 5.91 Å². The van der Waals surface area contributed by atoms with Crippen LogP contribution in [-0.4, -0.2) is 31.3 Å². The average Bonchev–Trinajstić information content (AvgIpc) is 2.69. The van der Waals surface area contributed by atoms with Crippen molar-refractivity contribution in [3.63, 3.8) is 0 Å². The van der Waals surface area contributed by atoms with E-state index in [2.05, 4.69) is 4.98 Å². The molecule has 1 heterocycles. The summed E-state index contributed by atoms with van der Waals surface area (Å²) in [7, 11) is -1.71. The largest absolute Gasteiger partial charge is 0.336 e. The third-order valence-electron chi connectivity index (χ3n) is 4.41. The lowest BCUT2D eigenvalue weighted by Crippen LogP contribution is -2.26. The summed E-state index contributed by atoms with van der Waals surface area (Å²) in [6.45, 7) is 2.32. The van der Waals surface area contributed by atoms with Crippen LogP contribution < -0.4 is 0 Å². The lowest BCUT2D eigenvalue weighted by atomic mass is 10.1. The minimum Gasteiger partial charge on any atom is -0.336 e. The fourth-order valence-electron chi connectivity index (χ4n) is 2.82. The van der Waals surface area contributed by atoms with E-state index in [0.717, 1.165) is 11.3 Å². The second-order valence-electron chi connectivity index (χ2n) is 6.75. The zero-order valence-electron chi connectivity index (χ0n) is 15.9. The second kappa shape index (κ2) is 8.35. The first kappa shape index (κ1) is 19.8. The van der Waals surface area contributed by atoms with Gasteiger partial charge < -0.3 is 4.90 Å². The van der Waals surface area contributed by atoms with E-state index in [0.29, 0.717) is 22.6 Å². The molecule has 5 nitrogen and oxygen atoms in total. The fourth-order valence-corrected chi connectivity index (χ4v) is 4.17. The summed E-state index contributed by atoms with van der Waals surface area (Å²) in [6, 6.07) is 19.1. The number of aryl methyl sites for hydroxylation is 1. The van der Waals surface area contributed by atoms with Gasteiger partial charge in [-0.1, -0.05) is 35.9 Å². The summed E-state index contributed by atoms with van der Waals surface area (Å²) in [4.78, 5) is 18.7. The Bertz CT molecular complexity index is 1050. The number of benzene rings is 2. The zero-order valence-corrected chi connectivity index (χ0v) is 16.7. The number of carbonyl (C=O) groups excluding carboxylic acids is 1. The molecule has 0 aliphatic carbocycles. The van der Waals surface area contributed by atoms with Crippen LogP contribution in [0.1, 0.15) is 27.2 Å². The first-order chi connectivity index (χ1) is 13.3. The highest BCUT2D eigenvalue weighted by molar-refractivity contribution is 7.90. The Balaban J connectivity index is 1.69. The Morgan fingerprint density at radius 2 is 1.64 bits per heavy atom. The molecule has 3 aromatic rings. The number of aromatic nitrogens is 1. The monoisotopic (exact) mass is 394 g/mol. The molecule has 0 saturated carbocycles. The summed E-state index contributed by atoms with van der Waals surface area (Å²) < 4.78 is 25.1. The summed E-state index contributed by atoms with van der Waals surface area (Å²) in [5.74, 6) is -0.243. The molecule has 0 spiro atoms. The van der Waals surface area contributed by atoms with Gasteiger partial charge >= 0.3 is 0 Å². The molecule has 3 rings (SSSR count). The lowest BCUT2D eigenvalue weighted by molar-refractivity contribution is 0.0783. The molecule has 0 aliphatic heterocycles. The van der Waals surface area contributed by atoms with Gasteiger partial charge in [-0.25, -0.2) is 8.42 Å². The van der Waals surface area contributed by atoms with Crippen molar-refractivity contribution in [1.82, 2.24) is 9.88 Å². The van der Waals surface area contributed by atoms with Gasteiger partial charge in [0, 0.05) is 18.8 Å². The number of nitrogens with zero attached hydrogens (tertiary/aromatic N) is 2. The average molecular weight is 394 g/mol. The topological polar surface area (TPSA) is 67.3 Å². The second-order valence-corrected chi connectivity index (χ2v) is 8.74. The van der Waals surface area contributed by atoms with Crippen LogP contribution in [0.25, 0.3) is 0 Å². The Labute approximate surface area is 165 Å². The molecule has 0 N–H and O–H groups in total. The van der Waals surface area contributed by atoms with Crippen molar-refractivity contribution in [1.29, 1.82) is 0 Å². The smallest absolute Gasteiger partial charge is 0.253 e. The first-order valence-electron chi connectivity index (χ1n) is 8.89. The van der Waals surface area contributed by atoms with Crippen LogP contribution in [0.2, 0.25) is 0 Å². The standard InChI is InChI=1S/C22H22N2O3S/c1-17-6-12-21(13-7-17)28(26,27)16-18-8-10-19(11-9-18)22(25)24(2)15-20-5-3-4-14-23-20/h3-14H,15-16H2,1-2H3. The number of rotatable bonds is 6. The number of hydrogen-bond acceptors (Lipinski definition) is 4. The van der Waals surface area contributed by atoms with Gasteiger partial charge in [0.2, 0.25) is 0 Å². The number of sulfone groups is 1. The first-order valence-corrected chi connectivity index (χ1v) is 10.5. The van der Waals surface area contributed by atoms with Crippen LogP contribution in [0.15, 0.2) is 77.8 Å². The SMILES string of the molecule is Cc1ccc(S(=O)(=O)Cc2ccc(C(=O)N(C)Cc3ccccn3)cc2)cc1. The van der Waals surface area contributed by atoms with Crippen molar-refractivity contribution >= 4 is 15.7 Å². The third-order valence-corrected chi connectivity index (χ3v) is 6.11. The molecule has 6 heteroatoms. The summed E-state index contributed by atoms with van der Waals surface area (Å²) in [6.07, 6.45) is 1.69. The number of pyridine rings is 1. The minimum atomic E-state index is -3.42. The van der Waals surface area contributed by atoms with Crippen molar-refractivity contribution in [2.75, 3.05) is 7.05 Å². The van der Waals surface area contributed by atoms with Crippen LogP contribution in [0.5, 0.6) is 0 Å². The zero-order chi connectivity index (χ0) is 20.1. The van der Waals surface area contributed by atoms with Gasteiger partial charge in [-0.05, 0) is 48.9 Å². The Hall–Kier alpha value is -2.99. The normalized spacial score (nSPS) is 11.2. The highest BCUT2D eigenvalue weighted by atomic mass is 32.2. The van der Waals surface area contributed by atoms with E-state index in [9.17, 15) is 13.2 Å². The van der Waals surface area contributed by atoms with Crippen molar-refractivity contribution < 1.29 is 13.2 Å². The molecule has 0 unspecified atom stereocenters. The van der Waals surface area contributed by atoms with Crippen LogP contribution in [0.3, 0.4) is 0 Å². The number of hydrogen-bond donors (Lipinski definition) is 0. The van der Waals surface area contributed by atoms with E-state index in [1.165, 1.54) is 0 Å². The van der Waals surface area contributed by atoms with E-state index in [1.54, 1.807) is 66.7 Å². The van der Waals surface area contributed by atoms with Crippen molar-refractivity contribution in [2.24, 2.45) is 0 Å². The summed E-state index contributed by atoms with van der Waals surface area (Å²) in [5.41, 5.74) is 2.97. The van der Waals surface area contributed by atoms with E-state index in [4.69, 9.17) is 0 Å². The number of amides is 1.